The van der Waals surface area contributed by atoms with Crippen molar-refractivity contribution in [3.05, 3.63) is 23.6 Å². The van der Waals surface area contributed by atoms with Crippen LogP contribution in [0.3, 0.4) is 0 Å². The molecular formula is C12H16N2O. The molecule has 0 bridgehead atoms. The predicted octanol–water partition coefficient (Wildman–Crippen LogP) is 2.14. The van der Waals surface area contributed by atoms with Crippen LogP contribution in [-0.4, -0.2) is 17.7 Å². The van der Waals surface area contributed by atoms with E-state index in [2.05, 4.69) is 16.5 Å². The van der Waals surface area contributed by atoms with Gasteiger partial charge in [0.05, 0.1) is 5.69 Å². The number of aromatic nitrogens is 1. The second kappa shape index (κ2) is 3.49. The molecule has 0 amide bonds. The Hall–Kier alpha value is -1.09. The SMILES string of the molecule is Cc1cc(C2=C[C@@H]3NCC[C@@H]3CC2)on1. The van der Waals surface area contributed by atoms with E-state index >= 15 is 0 Å². The first-order valence-electron chi connectivity index (χ1n) is 5.71. The van der Waals surface area contributed by atoms with Gasteiger partial charge in [-0.15, -0.1) is 0 Å². The molecular weight excluding hydrogens is 188 g/mol. The molecule has 1 N–H and O–H groups in total. The molecule has 0 spiro atoms. The van der Waals surface area contributed by atoms with Gasteiger partial charge >= 0.3 is 0 Å². The minimum Gasteiger partial charge on any atom is -0.356 e. The Kier molecular flexibility index (Phi) is 2.13. The van der Waals surface area contributed by atoms with Crippen LogP contribution in [0, 0.1) is 12.8 Å². The van der Waals surface area contributed by atoms with Crippen LogP contribution in [0.25, 0.3) is 5.57 Å². The normalized spacial score (nSPS) is 30.1. The van der Waals surface area contributed by atoms with Crippen LogP contribution in [0.4, 0.5) is 0 Å². The molecule has 0 unspecified atom stereocenters. The molecule has 0 aromatic carbocycles. The molecule has 1 aromatic rings. The van der Waals surface area contributed by atoms with E-state index in [1.54, 1.807) is 0 Å². The van der Waals surface area contributed by atoms with Gasteiger partial charge in [0.1, 0.15) is 0 Å². The van der Waals surface area contributed by atoms with Gasteiger partial charge < -0.3 is 9.84 Å². The minimum atomic E-state index is 0.569. The quantitative estimate of drug-likeness (QED) is 0.761. The maximum atomic E-state index is 5.31. The van der Waals surface area contributed by atoms with E-state index in [4.69, 9.17) is 4.52 Å². The van der Waals surface area contributed by atoms with Gasteiger partial charge in [-0.05, 0) is 44.2 Å². The van der Waals surface area contributed by atoms with E-state index in [-0.39, 0.29) is 0 Å². The Balaban J connectivity index is 1.88. The van der Waals surface area contributed by atoms with E-state index in [1.807, 2.05) is 13.0 Å². The maximum absolute atomic E-state index is 5.31. The third-order valence-corrected chi connectivity index (χ3v) is 3.51. The average Bonchev–Trinajstić information content (AvgIpc) is 2.84. The molecule has 0 radical (unpaired) electrons. The largest absolute Gasteiger partial charge is 0.356 e. The summed E-state index contributed by atoms with van der Waals surface area (Å²) in [6, 6.07) is 2.60. The van der Waals surface area contributed by atoms with Gasteiger partial charge in [0.2, 0.25) is 0 Å². The zero-order valence-electron chi connectivity index (χ0n) is 8.99. The fourth-order valence-electron chi connectivity index (χ4n) is 2.66. The Labute approximate surface area is 89.5 Å². The highest BCUT2D eigenvalue weighted by molar-refractivity contribution is 5.63. The third kappa shape index (κ3) is 1.61. The number of aryl methyl sites for hydroxylation is 1. The second-order valence-corrected chi connectivity index (χ2v) is 4.59. The van der Waals surface area contributed by atoms with Crippen molar-refractivity contribution < 1.29 is 4.52 Å². The highest BCUT2D eigenvalue weighted by Crippen LogP contribution is 2.34. The topological polar surface area (TPSA) is 38.1 Å². The summed E-state index contributed by atoms with van der Waals surface area (Å²) >= 11 is 0. The molecule has 0 saturated carbocycles. The van der Waals surface area contributed by atoms with Crippen molar-refractivity contribution in [1.82, 2.24) is 10.5 Å². The first-order chi connectivity index (χ1) is 7.33. The van der Waals surface area contributed by atoms with Crippen LogP contribution in [0.2, 0.25) is 0 Å². The summed E-state index contributed by atoms with van der Waals surface area (Å²) in [7, 11) is 0. The van der Waals surface area contributed by atoms with Crippen LogP contribution in [0.1, 0.15) is 30.7 Å². The molecule has 2 heterocycles. The van der Waals surface area contributed by atoms with E-state index in [9.17, 15) is 0 Å². The van der Waals surface area contributed by atoms with E-state index in [0.717, 1.165) is 30.3 Å². The standard InChI is InChI=1S/C12H16N2O/c1-8-6-12(15-14-8)10-3-2-9-4-5-13-11(9)7-10/h6-7,9,11,13H,2-5H2,1H3/t9-,11-/m0/s1. The summed E-state index contributed by atoms with van der Waals surface area (Å²) in [6.45, 7) is 3.13. The molecule has 1 aliphatic carbocycles. The molecule has 1 aromatic heterocycles. The van der Waals surface area contributed by atoms with Crippen molar-refractivity contribution in [3.63, 3.8) is 0 Å². The highest BCUT2D eigenvalue weighted by Gasteiger charge is 2.29. The highest BCUT2D eigenvalue weighted by atomic mass is 16.5. The van der Waals surface area contributed by atoms with Crippen LogP contribution >= 0.6 is 0 Å². The summed E-state index contributed by atoms with van der Waals surface area (Å²) in [5, 5.41) is 7.47. The lowest BCUT2D eigenvalue weighted by Crippen LogP contribution is -2.27. The first-order valence-corrected chi connectivity index (χ1v) is 5.71. The summed E-state index contributed by atoms with van der Waals surface area (Å²) < 4.78 is 5.31. The number of fused-ring (bicyclic) bond motifs is 1. The Morgan fingerprint density at radius 3 is 3.20 bits per heavy atom. The van der Waals surface area contributed by atoms with Crippen LogP contribution < -0.4 is 5.32 Å². The van der Waals surface area contributed by atoms with Gasteiger partial charge in [-0.3, -0.25) is 0 Å². The first kappa shape index (κ1) is 9.16. The van der Waals surface area contributed by atoms with Gasteiger partial charge in [0.15, 0.2) is 5.76 Å². The van der Waals surface area contributed by atoms with Crippen molar-refractivity contribution in [2.75, 3.05) is 6.54 Å². The summed E-state index contributed by atoms with van der Waals surface area (Å²) in [4.78, 5) is 0. The molecule has 1 fully saturated rings. The van der Waals surface area contributed by atoms with Gasteiger partial charge in [-0.1, -0.05) is 11.2 Å². The molecule has 3 heteroatoms. The number of nitrogens with zero attached hydrogens (tertiary/aromatic N) is 1. The van der Waals surface area contributed by atoms with Gasteiger partial charge in [0.25, 0.3) is 0 Å². The van der Waals surface area contributed by atoms with Gasteiger partial charge in [0, 0.05) is 12.1 Å². The molecule has 2 atom stereocenters. The van der Waals surface area contributed by atoms with Crippen molar-refractivity contribution in [3.8, 4) is 0 Å². The number of rotatable bonds is 1. The maximum Gasteiger partial charge on any atom is 0.162 e. The van der Waals surface area contributed by atoms with E-state index in [1.165, 1.54) is 18.4 Å². The molecule has 15 heavy (non-hydrogen) atoms. The third-order valence-electron chi connectivity index (χ3n) is 3.51. The summed E-state index contributed by atoms with van der Waals surface area (Å²) in [5.74, 6) is 1.80. The second-order valence-electron chi connectivity index (χ2n) is 4.59. The predicted molar refractivity (Wildman–Crippen MR) is 58.3 cm³/mol. The minimum absolute atomic E-state index is 0.569. The molecule has 3 rings (SSSR count). The lowest BCUT2D eigenvalue weighted by Gasteiger charge is -2.22. The lowest BCUT2D eigenvalue weighted by molar-refractivity contribution is 0.397. The van der Waals surface area contributed by atoms with Crippen molar-refractivity contribution in [1.29, 1.82) is 0 Å². The fraction of sp³-hybridized carbons (Fsp3) is 0.583. The van der Waals surface area contributed by atoms with Crippen molar-refractivity contribution in [2.45, 2.75) is 32.2 Å². The average molecular weight is 204 g/mol. The van der Waals surface area contributed by atoms with Crippen LogP contribution in [-0.2, 0) is 0 Å². The Bertz CT molecular complexity index is 394. The molecule has 2 aliphatic rings. The number of hydrogen-bond donors (Lipinski definition) is 1. The van der Waals surface area contributed by atoms with Gasteiger partial charge in [-0.2, -0.15) is 0 Å². The fourth-order valence-corrected chi connectivity index (χ4v) is 2.66. The molecule has 1 saturated heterocycles. The summed E-state index contributed by atoms with van der Waals surface area (Å²) in [5.41, 5.74) is 2.29. The zero-order valence-corrected chi connectivity index (χ0v) is 8.99. The summed E-state index contributed by atoms with van der Waals surface area (Å²) in [6.07, 6.45) is 6.08. The van der Waals surface area contributed by atoms with Gasteiger partial charge in [-0.25, -0.2) is 0 Å². The lowest BCUT2D eigenvalue weighted by atomic mass is 9.85. The van der Waals surface area contributed by atoms with E-state index < -0.39 is 0 Å². The Morgan fingerprint density at radius 1 is 1.47 bits per heavy atom. The van der Waals surface area contributed by atoms with Crippen molar-refractivity contribution >= 4 is 5.57 Å². The number of allylic oxidation sites excluding steroid dienone is 1. The number of hydrogen-bond acceptors (Lipinski definition) is 3. The smallest absolute Gasteiger partial charge is 0.162 e. The molecule has 1 aliphatic heterocycles. The number of nitrogens with one attached hydrogen (secondary N) is 1. The van der Waals surface area contributed by atoms with Crippen LogP contribution in [0.15, 0.2) is 16.7 Å². The Morgan fingerprint density at radius 2 is 2.40 bits per heavy atom. The monoisotopic (exact) mass is 204 g/mol. The van der Waals surface area contributed by atoms with Crippen molar-refractivity contribution in [2.24, 2.45) is 5.92 Å². The van der Waals surface area contributed by atoms with Crippen LogP contribution in [0.5, 0.6) is 0 Å². The van der Waals surface area contributed by atoms with E-state index in [0.29, 0.717) is 6.04 Å². The molecule has 3 nitrogen and oxygen atoms in total. The zero-order chi connectivity index (χ0) is 10.3. The molecule has 80 valence electrons.